The topological polar surface area (TPSA) is 17.0 Å². The van der Waals surface area contributed by atoms with Crippen molar-refractivity contribution in [3.8, 4) is 0 Å². The minimum atomic E-state index is -0.374. The van der Waals surface area contributed by atoms with E-state index in [1.54, 1.807) is 6.07 Å². The van der Waals surface area contributed by atoms with Crippen LogP contribution in [0, 0.1) is 5.82 Å². The van der Waals surface area contributed by atoms with E-state index >= 15 is 0 Å². The third-order valence-electron chi connectivity index (χ3n) is 3.61. The molecule has 108 valence electrons. The van der Waals surface area contributed by atoms with Gasteiger partial charge >= 0.3 is 0 Å². The summed E-state index contributed by atoms with van der Waals surface area (Å²) in [6.45, 7) is 1.46. The smallest absolute Gasteiger partial charge is 0.142 e. The number of benzene rings is 2. The molecule has 0 radical (unpaired) electrons. The molecule has 0 saturated carbocycles. The molecule has 2 aromatic carbocycles. The summed E-state index contributed by atoms with van der Waals surface area (Å²) in [5.74, 6) is -0.374. The largest absolute Gasteiger partial charge is 0.343 e. The van der Waals surface area contributed by atoms with Crippen molar-refractivity contribution in [2.24, 2.45) is 0 Å². The third-order valence-corrected chi connectivity index (χ3v) is 3.91. The molecule has 3 aromatic rings. The van der Waals surface area contributed by atoms with E-state index in [0.29, 0.717) is 6.54 Å². The van der Waals surface area contributed by atoms with Crippen LogP contribution in [0.3, 0.4) is 0 Å². The maximum atomic E-state index is 13.5. The lowest BCUT2D eigenvalue weighted by molar-refractivity contribution is 0.624. The van der Waals surface area contributed by atoms with Gasteiger partial charge in [0.1, 0.15) is 5.82 Å². The Kier molecular flexibility index (Phi) is 3.95. The Bertz CT molecular complexity index is 780. The summed E-state index contributed by atoms with van der Waals surface area (Å²) in [4.78, 5) is 0. The van der Waals surface area contributed by atoms with Gasteiger partial charge in [0.2, 0.25) is 0 Å². The number of hydrogen-bond donors (Lipinski definition) is 1. The van der Waals surface area contributed by atoms with Crippen molar-refractivity contribution >= 4 is 22.5 Å². The van der Waals surface area contributed by atoms with Gasteiger partial charge in [-0.3, -0.25) is 0 Å². The Labute approximate surface area is 128 Å². The molecule has 0 amide bonds. The normalized spacial score (nSPS) is 11.2. The summed E-state index contributed by atoms with van der Waals surface area (Å²) in [6.07, 6.45) is 2.04. The van der Waals surface area contributed by atoms with Gasteiger partial charge in [-0.05, 0) is 42.4 Å². The molecule has 2 nitrogen and oxygen atoms in total. The average molecular weight is 303 g/mol. The monoisotopic (exact) mass is 302 g/mol. The van der Waals surface area contributed by atoms with E-state index in [-0.39, 0.29) is 10.8 Å². The molecule has 0 aliphatic rings. The quantitative estimate of drug-likeness (QED) is 0.764. The first-order valence-electron chi connectivity index (χ1n) is 6.84. The molecule has 0 saturated heterocycles. The summed E-state index contributed by atoms with van der Waals surface area (Å²) < 4.78 is 15.7. The number of aromatic nitrogens is 1. The van der Waals surface area contributed by atoms with E-state index in [1.165, 1.54) is 17.0 Å². The Hall–Kier alpha value is -1.84. The van der Waals surface area contributed by atoms with E-state index < -0.39 is 0 Å². The van der Waals surface area contributed by atoms with Crippen LogP contribution < -0.4 is 5.32 Å². The van der Waals surface area contributed by atoms with Crippen LogP contribution in [0.15, 0.2) is 48.7 Å². The van der Waals surface area contributed by atoms with Gasteiger partial charge in [0.05, 0.1) is 5.02 Å². The first kappa shape index (κ1) is 14.1. The first-order valence-corrected chi connectivity index (χ1v) is 7.22. The molecule has 1 aromatic heterocycles. The van der Waals surface area contributed by atoms with Crippen molar-refractivity contribution in [1.29, 1.82) is 0 Å². The van der Waals surface area contributed by atoms with E-state index in [4.69, 9.17) is 11.6 Å². The molecular formula is C17H16ClFN2. The number of fused-ring (bicyclic) bond motifs is 1. The van der Waals surface area contributed by atoms with E-state index in [1.807, 2.05) is 25.4 Å². The number of rotatable bonds is 4. The van der Waals surface area contributed by atoms with Crippen molar-refractivity contribution in [1.82, 2.24) is 9.88 Å². The SMILES string of the molecule is CNCc1cccc2c1ccn2Cc1ccc(Cl)c(F)c1. The second-order valence-corrected chi connectivity index (χ2v) is 5.48. The fourth-order valence-electron chi connectivity index (χ4n) is 2.60. The minimum absolute atomic E-state index is 0.160. The molecular weight excluding hydrogens is 287 g/mol. The van der Waals surface area contributed by atoms with Gasteiger partial charge in [-0.2, -0.15) is 0 Å². The molecule has 21 heavy (non-hydrogen) atoms. The van der Waals surface area contributed by atoms with Gasteiger partial charge in [-0.25, -0.2) is 4.39 Å². The third kappa shape index (κ3) is 2.80. The predicted molar refractivity (Wildman–Crippen MR) is 85.2 cm³/mol. The van der Waals surface area contributed by atoms with E-state index in [9.17, 15) is 4.39 Å². The van der Waals surface area contributed by atoms with Gasteiger partial charge in [0.25, 0.3) is 0 Å². The lowest BCUT2D eigenvalue weighted by atomic mass is 10.1. The minimum Gasteiger partial charge on any atom is -0.343 e. The molecule has 4 heteroatoms. The van der Waals surface area contributed by atoms with Crippen molar-refractivity contribution in [2.45, 2.75) is 13.1 Å². The zero-order chi connectivity index (χ0) is 14.8. The van der Waals surface area contributed by atoms with Crippen molar-refractivity contribution in [2.75, 3.05) is 7.05 Å². The lowest BCUT2D eigenvalue weighted by Gasteiger charge is -2.08. The molecule has 3 rings (SSSR count). The summed E-state index contributed by atoms with van der Waals surface area (Å²) >= 11 is 5.72. The van der Waals surface area contributed by atoms with Crippen LogP contribution in [0.2, 0.25) is 5.02 Å². The Morgan fingerprint density at radius 2 is 2.05 bits per heavy atom. The van der Waals surface area contributed by atoms with Crippen LogP contribution in [-0.2, 0) is 13.1 Å². The van der Waals surface area contributed by atoms with Crippen molar-refractivity contribution in [3.63, 3.8) is 0 Å². The van der Waals surface area contributed by atoms with Crippen molar-refractivity contribution in [3.05, 3.63) is 70.6 Å². The number of nitrogens with one attached hydrogen (secondary N) is 1. The molecule has 0 aliphatic heterocycles. The molecule has 0 unspecified atom stereocenters. The summed E-state index contributed by atoms with van der Waals surface area (Å²) in [5, 5.41) is 4.56. The van der Waals surface area contributed by atoms with Crippen molar-refractivity contribution < 1.29 is 4.39 Å². The Balaban J connectivity index is 1.97. The fourth-order valence-corrected chi connectivity index (χ4v) is 2.72. The number of nitrogens with zero attached hydrogens (tertiary/aromatic N) is 1. The highest BCUT2D eigenvalue weighted by atomic mass is 35.5. The highest BCUT2D eigenvalue weighted by Gasteiger charge is 2.07. The lowest BCUT2D eigenvalue weighted by Crippen LogP contribution is -2.05. The summed E-state index contributed by atoms with van der Waals surface area (Å²) in [6, 6.07) is 13.3. The summed E-state index contributed by atoms with van der Waals surface area (Å²) in [5.41, 5.74) is 3.31. The van der Waals surface area contributed by atoms with Crippen LogP contribution in [0.25, 0.3) is 10.9 Å². The molecule has 1 N–H and O–H groups in total. The number of halogens is 2. The molecule has 1 heterocycles. The predicted octanol–water partition coefficient (Wildman–Crippen LogP) is 4.20. The zero-order valence-corrected chi connectivity index (χ0v) is 12.5. The maximum Gasteiger partial charge on any atom is 0.142 e. The molecule has 0 aliphatic carbocycles. The number of hydrogen-bond acceptors (Lipinski definition) is 1. The fraction of sp³-hybridized carbons (Fsp3) is 0.176. The molecule has 0 spiro atoms. The van der Waals surface area contributed by atoms with Crippen LogP contribution in [0.1, 0.15) is 11.1 Å². The van der Waals surface area contributed by atoms with Gasteiger partial charge in [-0.15, -0.1) is 0 Å². The van der Waals surface area contributed by atoms with Gasteiger partial charge in [-0.1, -0.05) is 29.8 Å². The molecule has 0 atom stereocenters. The van der Waals surface area contributed by atoms with Gasteiger partial charge in [0, 0.05) is 30.2 Å². The summed E-state index contributed by atoms with van der Waals surface area (Å²) in [7, 11) is 1.94. The highest BCUT2D eigenvalue weighted by Crippen LogP contribution is 2.22. The maximum absolute atomic E-state index is 13.5. The van der Waals surface area contributed by atoms with Gasteiger partial charge in [0.15, 0.2) is 0 Å². The first-order chi connectivity index (χ1) is 10.2. The van der Waals surface area contributed by atoms with Crippen LogP contribution in [-0.4, -0.2) is 11.6 Å². The molecule has 0 bridgehead atoms. The van der Waals surface area contributed by atoms with Crippen LogP contribution >= 0.6 is 11.6 Å². The standard InChI is InChI=1S/C17H16ClFN2/c1-20-10-13-3-2-4-17-14(13)7-8-21(17)11-12-5-6-15(18)16(19)9-12/h2-9,20H,10-11H2,1H3. The van der Waals surface area contributed by atoms with Crippen LogP contribution in [0.5, 0.6) is 0 Å². The second kappa shape index (κ2) is 5.88. The van der Waals surface area contributed by atoms with Gasteiger partial charge < -0.3 is 9.88 Å². The zero-order valence-electron chi connectivity index (χ0n) is 11.7. The molecule has 0 fully saturated rings. The Morgan fingerprint density at radius 3 is 2.81 bits per heavy atom. The van der Waals surface area contributed by atoms with Crippen LogP contribution in [0.4, 0.5) is 4.39 Å². The second-order valence-electron chi connectivity index (χ2n) is 5.07. The van der Waals surface area contributed by atoms with E-state index in [0.717, 1.165) is 17.6 Å². The highest BCUT2D eigenvalue weighted by molar-refractivity contribution is 6.30. The average Bonchev–Trinajstić information content (AvgIpc) is 2.88. The van der Waals surface area contributed by atoms with E-state index in [2.05, 4.69) is 28.1 Å². The Morgan fingerprint density at radius 1 is 1.19 bits per heavy atom.